The van der Waals surface area contributed by atoms with Gasteiger partial charge in [-0.2, -0.15) is 0 Å². The molecule has 0 aliphatic rings. The lowest BCUT2D eigenvalue weighted by Crippen LogP contribution is -1.95. The van der Waals surface area contributed by atoms with Crippen LogP contribution in [-0.4, -0.2) is 10.1 Å². The van der Waals surface area contributed by atoms with Crippen molar-refractivity contribution >= 4 is 15.9 Å². The van der Waals surface area contributed by atoms with Crippen LogP contribution >= 0.6 is 15.9 Å². The maximum Gasteiger partial charge on any atom is 0.145 e. The van der Waals surface area contributed by atoms with Crippen LogP contribution in [0, 0.1) is 6.92 Å². The number of aliphatic hydroxyl groups is 1. The molecule has 3 nitrogen and oxygen atoms in total. The number of hydrogen-bond acceptors (Lipinski definition) is 3. The van der Waals surface area contributed by atoms with E-state index in [1.54, 1.807) is 25.3 Å². The molecule has 18 heavy (non-hydrogen) atoms. The van der Waals surface area contributed by atoms with E-state index in [0.717, 1.165) is 15.8 Å². The zero-order valence-electron chi connectivity index (χ0n) is 10.2. The standard InChI is InChI=1S/C14H14BrNO2/c1-9-7-11(15)3-6-14(9)18-12-4-5-13(10(2)17)16-8-12/h3-8,10,17H,1-2H3. The van der Waals surface area contributed by atoms with Gasteiger partial charge in [0.2, 0.25) is 0 Å². The summed E-state index contributed by atoms with van der Waals surface area (Å²) in [6, 6.07) is 9.39. The zero-order chi connectivity index (χ0) is 13.1. The number of ether oxygens (including phenoxy) is 1. The van der Waals surface area contributed by atoms with Crippen LogP contribution in [-0.2, 0) is 0 Å². The number of aryl methyl sites for hydroxylation is 1. The van der Waals surface area contributed by atoms with Crippen molar-refractivity contribution < 1.29 is 9.84 Å². The van der Waals surface area contributed by atoms with Crippen molar-refractivity contribution in [2.24, 2.45) is 0 Å². The molecule has 1 aromatic carbocycles. The third-order valence-electron chi connectivity index (χ3n) is 2.55. The first-order valence-corrected chi connectivity index (χ1v) is 6.43. The second kappa shape index (κ2) is 5.50. The Morgan fingerprint density at radius 2 is 2.06 bits per heavy atom. The van der Waals surface area contributed by atoms with Crippen LogP contribution in [0.2, 0.25) is 0 Å². The van der Waals surface area contributed by atoms with Crippen LogP contribution < -0.4 is 4.74 Å². The minimum absolute atomic E-state index is 0.562. The van der Waals surface area contributed by atoms with Crippen molar-refractivity contribution in [3.8, 4) is 11.5 Å². The Kier molecular flexibility index (Phi) is 3.99. The number of pyridine rings is 1. The molecule has 0 spiro atoms. The number of aromatic nitrogens is 1. The van der Waals surface area contributed by atoms with Gasteiger partial charge in [0, 0.05) is 4.47 Å². The van der Waals surface area contributed by atoms with Gasteiger partial charge in [-0.3, -0.25) is 4.98 Å². The van der Waals surface area contributed by atoms with Crippen LogP contribution in [0.1, 0.15) is 24.3 Å². The molecular formula is C14H14BrNO2. The molecule has 94 valence electrons. The van der Waals surface area contributed by atoms with E-state index in [1.165, 1.54) is 0 Å². The lowest BCUT2D eigenvalue weighted by atomic mass is 10.2. The summed E-state index contributed by atoms with van der Waals surface area (Å²) in [5, 5.41) is 9.37. The molecule has 0 saturated heterocycles. The predicted octanol–water partition coefficient (Wildman–Crippen LogP) is 4.00. The summed E-state index contributed by atoms with van der Waals surface area (Å²) in [5.41, 5.74) is 1.68. The number of hydrogen-bond donors (Lipinski definition) is 1. The van der Waals surface area contributed by atoms with Gasteiger partial charge in [0.05, 0.1) is 18.0 Å². The lowest BCUT2D eigenvalue weighted by molar-refractivity contribution is 0.194. The molecule has 4 heteroatoms. The van der Waals surface area contributed by atoms with Crippen LogP contribution in [0.4, 0.5) is 0 Å². The molecule has 1 N–H and O–H groups in total. The maximum absolute atomic E-state index is 9.37. The Labute approximate surface area is 115 Å². The highest BCUT2D eigenvalue weighted by Gasteiger charge is 2.05. The summed E-state index contributed by atoms with van der Waals surface area (Å²) in [5.74, 6) is 1.45. The van der Waals surface area contributed by atoms with Crippen molar-refractivity contribution in [2.45, 2.75) is 20.0 Å². The molecule has 1 unspecified atom stereocenters. The third-order valence-corrected chi connectivity index (χ3v) is 3.05. The van der Waals surface area contributed by atoms with Gasteiger partial charge in [0.15, 0.2) is 0 Å². The summed E-state index contributed by atoms with van der Waals surface area (Å²) in [6.07, 6.45) is 1.05. The van der Waals surface area contributed by atoms with E-state index in [2.05, 4.69) is 20.9 Å². The highest BCUT2D eigenvalue weighted by atomic mass is 79.9. The van der Waals surface area contributed by atoms with Gasteiger partial charge in [-0.05, 0) is 49.7 Å². The minimum Gasteiger partial charge on any atom is -0.455 e. The Hall–Kier alpha value is -1.39. The van der Waals surface area contributed by atoms with E-state index in [9.17, 15) is 5.11 Å². The summed E-state index contributed by atoms with van der Waals surface area (Å²) in [7, 11) is 0. The van der Waals surface area contributed by atoms with Crippen molar-refractivity contribution in [2.75, 3.05) is 0 Å². The molecular weight excluding hydrogens is 294 g/mol. The van der Waals surface area contributed by atoms with E-state index in [4.69, 9.17) is 4.74 Å². The van der Waals surface area contributed by atoms with Crippen molar-refractivity contribution in [3.63, 3.8) is 0 Å². The van der Waals surface area contributed by atoms with Crippen molar-refractivity contribution in [1.82, 2.24) is 4.98 Å². The highest BCUT2D eigenvalue weighted by molar-refractivity contribution is 9.10. The van der Waals surface area contributed by atoms with E-state index in [0.29, 0.717) is 11.4 Å². The second-order valence-electron chi connectivity index (χ2n) is 4.11. The van der Waals surface area contributed by atoms with Gasteiger partial charge in [0.1, 0.15) is 11.5 Å². The van der Waals surface area contributed by atoms with Gasteiger partial charge in [0.25, 0.3) is 0 Å². The fraction of sp³-hybridized carbons (Fsp3) is 0.214. The van der Waals surface area contributed by atoms with E-state index in [-0.39, 0.29) is 0 Å². The first-order chi connectivity index (χ1) is 8.56. The lowest BCUT2D eigenvalue weighted by Gasteiger charge is -2.09. The first kappa shape index (κ1) is 13.1. The van der Waals surface area contributed by atoms with Crippen LogP contribution in [0.3, 0.4) is 0 Å². The summed E-state index contributed by atoms with van der Waals surface area (Å²) < 4.78 is 6.76. The van der Waals surface area contributed by atoms with E-state index >= 15 is 0 Å². The summed E-state index contributed by atoms with van der Waals surface area (Å²) in [4.78, 5) is 4.14. The van der Waals surface area contributed by atoms with E-state index < -0.39 is 6.10 Å². The Morgan fingerprint density at radius 3 is 2.61 bits per heavy atom. The summed E-state index contributed by atoms with van der Waals surface area (Å²) >= 11 is 3.41. The SMILES string of the molecule is Cc1cc(Br)ccc1Oc1ccc(C(C)O)nc1. The number of rotatable bonds is 3. The zero-order valence-corrected chi connectivity index (χ0v) is 11.8. The molecule has 0 fully saturated rings. The van der Waals surface area contributed by atoms with Gasteiger partial charge < -0.3 is 9.84 Å². The van der Waals surface area contributed by atoms with Crippen molar-refractivity contribution in [3.05, 3.63) is 52.3 Å². The van der Waals surface area contributed by atoms with Crippen molar-refractivity contribution in [1.29, 1.82) is 0 Å². The molecule has 0 aliphatic heterocycles. The number of benzene rings is 1. The van der Waals surface area contributed by atoms with Gasteiger partial charge >= 0.3 is 0 Å². The molecule has 1 aromatic heterocycles. The fourth-order valence-electron chi connectivity index (χ4n) is 1.55. The average molecular weight is 308 g/mol. The van der Waals surface area contributed by atoms with Crippen LogP contribution in [0.5, 0.6) is 11.5 Å². The smallest absolute Gasteiger partial charge is 0.145 e. The quantitative estimate of drug-likeness (QED) is 0.932. The number of nitrogens with zero attached hydrogens (tertiary/aromatic N) is 1. The first-order valence-electron chi connectivity index (χ1n) is 5.64. The Balaban J connectivity index is 2.18. The average Bonchev–Trinajstić information content (AvgIpc) is 2.33. The molecule has 0 amide bonds. The van der Waals surface area contributed by atoms with Gasteiger partial charge in [-0.15, -0.1) is 0 Å². The maximum atomic E-state index is 9.37. The normalized spacial score (nSPS) is 12.2. The Morgan fingerprint density at radius 1 is 1.28 bits per heavy atom. The van der Waals surface area contributed by atoms with Crippen LogP contribution in [0.25, 0.3) is 0 Å². The number of halogens is 1. The van der Waals surface area contributed by atoms with Gasteiger partial charge in [-0.25, -0.2) is 0 Å². The monoisotopic (exact) mass is 307 g/mol. The van der Waals surface area contributed by atoms with Crippen LogP contribution in [0.15, 0.2) is 41.0 Å². The molecule has 1 heterocycles. The Bertz CT molecular complexity index is 538. The molecule has 0 radical (unpaired) electrons. The topological polar surface area (TPSA) is 42.4 Å². The third kappa shape index (κ3) is 3.09. The number of aliphatic hydroxyl groups excluding tert-OH is 1. The van der Waals surface area contributed by atoms with Gasteiger partial charge in [-0.1, -0.05) is 15.9 Å². The van der Waals surface area contributed by atoms with E-state index in [1.807, 2.05) is 25.1 Å². The molecule has 0 saturated carbocycles. The fourth-order valence-corrected chi connectivity index (χ4v) is 2.03. The minimum atomic E-state index is -0.562. The largest absolute Gasteiger partial charge is 0.455 e. The highest BCUT2D eigenvalue weighted by Crippen LogP contribution is 2.27. The molecule has 1 atom stereocenters. The molecule has 0 bridgehead atoms. The summed E-state index contributed by atoms with van der Waals surface area (Å²) in [6.45, 7) is 3.67. The predicted molar refractivity (Wildman–Crippen MR) is 73.8 cm³/mol. The molecule has 2 rings (SSSR count). The molecule has 0 aliphatic carbocycles. The second-order valence-corrected chi connectivity index (χ2v) is 5.02. The molecule has 2 aromatic rings.